The highest BCUT2D eigenvalue weighted by molar-refractivity contribution is 7.92. The van der Waals surface area contributed by atoms with Crippen molar-refractivity contribution in [2.24, 2.45) is 5.92 Å². The molecule has 1 heterocycles. The van der Waals surface area contributed by atoms with Gasteiger partial charge < -0.3 is 10.1 Å². The summed E-state index contributed by atoms with van der Waals surface area (Å²) in [6.07, 6.45) is 1.66. The van der Waals surface area contributed by atoms with Crippen LogP contribution in [-0.2, 0) is 25.8 Å². The van der Waals surface area contributed by atoms with E-state index in [1.54, 1.807) is 5.38 Å². The SMILES string of the molecule is COC(=O)c1c(CC(C)C)csc1NC(=O)[C@H](C)S(C)(=O)=O. The first kappa shape index (κ1) is 18.6. The van der Waals surface area contributed by atoms with Gasteiger partial charge in [0.15, 0.2) is 9.84 Å². The lowest BCUT2D eigenvalue weighted by Gasteiger charge is -2.11. The maximum absolute atomic E-state index is 12.0. The van der Waals surface area contributed by atoms with Gasteiger partial charge in [-0.05, 0) is 30.2 Å². The molecule has 22 heavy (non-hydrogen) atoms. The molecule has 124 valence electrons. The molecule has 1 aromatic rings. The fourth-order valence-corrected chi connectivity index (χ4v) is 3.22. The van der Waals surface area contributed by atoms with Crippen LogP contribution in [0.15, 0.2) is 5.38 Å². The van der Waals surface area contributed by atoms with Gasteiger partial charge in [-0.3, -0.25) is 4.79 Å². The Morgan fingerprint density at radius 3 is 2.36 bits per heavy atom. The van der Waals surface area contributed by atoms with Crippen LogP contribution in [0.1, 0.15) is 36.7 Å². The van der Waals surface area contributed by atoms with E-state index in [1.165, 1.54) is 25.4 Å². The Morgan fingerprint density at radius 2 is 1.91 bits per heavy atom. The third-order valence-corrected chi connectivity index (χ3v) is 5.58. The molecule has 0 aliphatic rings. The number of hydrogen-bond acceptors (Lipinski definition) is 6. The van der Waals surface area contributed by atoms with Crippen LogP contribution in [0.2, 0.25) is 0 Å². The zero-order valence-corrected chi connectivity index (χ0v) is 14.9. The van der Waals surface area contributed by atoms with E-state index < -0.39 is 27.0 Å². The predicted molar refractivity (Wildman–Crippen MR) is 87.1 cm³/mol. The van der Waals surface area contributed by atoms with Gasteiger partial charge in [0, 0.05) is 6.26 Å². The molecule has 1 amide bonds. The van der Waals surface area contributed by atoms with Gasteiger partial charge in [0.25, 0.3) is 0 Å². The number of esters is 1. The van der Waals surface area contributed by atoms with Crippen molar-refractivity contribution in [1.82, 2.24) is 0 Å². The van der Waals surface area contributed by atoms with E-state index in [1.807, 2.05) is 13.8 Å². The first-order valence-corrected chi connectivity index (χ1v) is 9.59. The standard InChI is InChI=1S/C14H21NO5S2/c1-8(2)6-10-7-21-13(11(10)14(17)20-4)15-12(16)9(3)22(5,18)19/h7-9H,6H2,1-5H3,(H,15,16)/t9-/m0/s1. The average Bonchev–Trinajstić information content (AvgIpc) is 2.77. The van der Waals surface area contributed by atoms with E-state index in [0.29, 0.717) is 22.9 Å². The van der Waals surface area contributed by atoms with Gasteiger partial charge in [0.1, 0.15) is 10.3 Å². The second-order valence-corrected chi connectivity index (χ2v) is 8.76. The topological polar surface area (TPSA) is 89.5 Å². The van der Waals surface area contributed by atoms with Gasteiger partial charge in [-0.1, -0.05) is 13.8 Å². The molecule has 1 N–H and O–H groups in total. The summed E-state index contributed by atoms with van der Waals surface area (Å²) in [5.41, 5.74) is 1.09. The zero-order chi connectivity index (χ0) is 17.1. The zero-order valence-electron chi connectivity index (χ0n) is 13.3. The van der Waals surface area contributed by atoms with Gasteiger partial charge in [-0.2, -0.15) is 0 Å². The average molecular weight is 347 g/mol. The fourth-order valence-electron chi connectivity index (χ4n) is 1.81. The number of nitrogens with one attached hydrogen (secondary N) is 1. The van der Waals surface area contributed by atoms with Crippen molar-refractivity contribution in [3.05, 3.63) is 16.5 Å². The number of methoxy groups -OCH3 is 1. The molecule has 6 nitrogen and oxygen atoms in total. The molecule has 0 aliphatic carbocycles. The quantitative estimate of drug-likeness (QED) is 0.796. The van der Waals surface area contributed by atoms with Crippen LogP contribution in [0.3, 0.4) is 0 Å². The first-order valence-electron chi connectivity index (χ1n) is 6.76. The summed E-state index contributed by atoms with van der Waals surface area (Å²) in [5, 5.41) is 3.45. The second-order valence-electron chi connectivity index (χ2n) is 5.52. The normalized spacial score (nSPS) is 13.0. The van der Waals surface area contributed by atoms with Crippen LogP contribution in [0.25, 0.3) is 0 Å². The summed E-state index contributed by atoms with van der Waals surface area (Å²) in [4.78, 5) is 24.0. The molecule has 0 spiro atoms. The number of carbonyl (C=O) groups is 2. The first-order chi connectivity index (χ1) is 10.1. The molecule has 8 heteroatoms. The summed E-state index contributed by atoms with van der Waals surface area (Å²) >= 11 is 1.19. The lowest BCUT2D eigenvalue weighted by atomic mass is 10.0. The van der Waals surface area contributed by atoms with Gasteiger partial charge in [-0.25, -0.2) is 13.2 Å². The molecule has 0 aliphatic heterocycles. The Kier molecular flexibility index (Phi) is 6.13. The molecule has 1 aromatic heterocycles. The number of anilines is 1. The van der Waals surface area contributed by atoms with E-state index >= 15 is 0 Å². The van der Waals surface area contributed by atoms with Crippen molar-refractivity contribution in [3.8, 4) is 0 Å². The van der Waals surface area contributed by atoms with Gasteiger partial charge >= 0.3 is 5.97 Å². The minimum absolute atomic E-state index is 0.301. The monoisotopic (exact) mass is 347 g/mol. The third-order valence-electron chi connectivity index (χ3n) is 3.13. The number of rotatable bonds is 6. The number of thiophene rings is 1. The maximum Gasteiger partial charge on any atom is 0.341 e. The molecule has 0 radical (unpaired) electrons. The molecule has 0 bridgehead atoms. The van der Waals surface area contributed by atoms with Gasteiger partial charge in [0.05, 0.1) is 12.7 Å². The van der Waals surface area contributed by atoms with E-state index in [2.05, 4.69) is 5.32 Å². The van der Waals surface area contributed by atoms with Crippen molar-refractivity contribution in [2.45, 2.75) is 32.4 Å². The van der Waals surface area contributed by atoms with Crippen molar-refractivity contribution >= 4 is 38.1 Å². The van der Waals surface area contributed by atoms with Crippen LogP contribution >= 0.6 is 11.3 Å². The lowest BCUT2D eigenvalue weighted by molar-refractivity contribution is -0.115. The van der Waals surface area contributed by atoms with Crippen molar-refractivity contribution in [1.29, 1.82) is 0 Å². The van der Waals surface area contributed by atoms with Crippen LogP contribution in [0, 0.1) is 5.92 Å². The van der Waals surface area contributed by atoms with Gasteiger partial charge in [-0.15, -0.1) is 11.3 Å². The minimum atomic E-state index is -3.50. The van der Waals surface area contributed by atoms with Crippen LogP contribution in [0.4, 0.5) is 5.00 Å². The highest BCUT2D eigenvalue weighted by Gasteiger charge is 2.27. The molecule has 0 saturated carbocycles. The molecular formula is C14H21NO5S2. The summed E-state index contributed by atoms with van der Waals surface area (Å²) in [5.74, 6) is -0.874. The number of hydrogen-bond donors (Lipinski definition) is 1. The van der Waals surface area contributed by atoms with Crippen molar-refractivity contribution in [2.75, 3.05) is 18.7 Å². The minimum Gasteiger partial charge on any atom is -0.465 e. The fraction of sp³-hybridized carbons (Fsp3) is 0.571. The third kappa shape index (κ3) is 4.54. The van der Waals surface area contributed by atoms with E-state index in [0.717, 1.165) is 11.8 Å². The summed E-state index contributed by atoms with van der Waals surface area (Å²) in [6.45, 7) is 5.34. The Balaban J connectivity index is 3.12. The Morgan fingerprint density at radius 1 is 1.32 bits per heavy atom. The predicted octanol–water partition coefficient (Wildman–Crippen LogP) is 2.10. The number of amides is 1. The molecule has 0 aromatic carbocycles. The number of carbonyl (C=O) groups excluding carboxylic acids is 2. The largest absolute Gasteiger partial charge is 0.465 e. The van der Waals surface area contributed by atoms with Crippen LogP contribution in [0.5, 0.6) is 0 Å². The Labute approximate surface area is 134 Å². The maximum atomic E-state index is 12.0. The van der Waals surface area contributed by atoms with Crippen LogP contribution in [-0.4, -0.2) is 38.9 Å². The molecule has 0 unspecified atom stereocenters. The van der Waals surface area contributed by atoms with Crippen molar-refractivity contribution in [3.63, 3.8) is 0 Å². The van der Waals surface area contributed by atoms with E-state index in [4.69, 9.17) is 4.74 Å². The smallest absolute Gasteiger partial charge is 0.341 e. The molecular weight excluding hydrogens is 326 g/mol. The van der Waals surface area contributed by atoms with Crippen molar-refractivity contribution < 1.29 is 22.7 Å². The number of sulfone groups is 1. The molecule has 1 rings (SSSR count). The summed E-state index contributed by atoms with van der Waals surface area (Å²) in [6, 6.07) is 0. The number of ether oxygens (including phenoxy) is 1. The van der Waals surface area contributed by atoms with E-state index in [-0.39, 0.29) is 0 Å². The lowest BCUT2D eigenvalue weighted by Crippen LogP contribution is -2.32. The van der Waals surface area contributed by atoms with Crippen LogP contribution < -0.4 is 5.32 Å². The molecule has 1 atom stereocenters. The summed E-state index contributed by atoms with van der Waals surface area (Å²) in [7, 11) is -2.23. The van der Waals surface area contributed by atoms with Gasteiger partial charge in [0.2, 0.25) is 5.91 Å². The molecule has 0 fully saturated rings. The second kappa shape index (κ2) is 7.23. The Hall–Kier alpha value is -1.41. The van der Waals surface area contributed by atoms with E-state index in [9.17, 15) is 18.0 Å². The highest BCUT2D eigenvalue weighted by Crippen LogP contribution is 2.31. The summed E-state index contributed by atoms with van der Waals surface area (Å²) < 4.78 is 27.6. The molecule has 0 saturated heterocycles. The highest BCUT2D eigenvalue weighted by atomic mass is 32.2. The Bertz CT molecular complexity index is 661.